The zero-order valence-corrected chi connectivity index (χ0v) is 34.8. The molecule has 8 heteroatoms. The van der Waals surface area contributed by atoms with Gasteiger partial charge >= 0.3 is 0 Å². The van der Waals surface area contributed by atoms with E-state index < -0.39 is 0 Å². The van der Waals surface area contributed by atoms with Crippen molar-refractivity contribution in [3.63, 3.8) is 0 Å². The summed E-state index contributed by atoms with van der Waals surface area (Å²) in [6.07, 6.45) is 9.63. The van der Waals surface area contributed by atoms with Crippen molar-refractivity contribution in [2.24, 2.45) is 9.98 Å². The van der Waals surface area contributed by atoms with Crippen molar-refractivity contribution in [1.29, 1.82) is 0 Å². The van der Waals surface area contributed by atoms with Crippen LogP contribution in [0.15, 0.2) is 119 Å². The van der Waals surface area contributed by atoms with Gasteiger partial charge < -0.3 is 24.9 Å². The predicted molar refractivity (Wildman–Crippen MR) is 192 cm³/mol. The number of anilines is 1. The van der Waals surface area contributed by atoms with Crippen LogP contribution in [0, 0.1) is 14.9 Å². The SMILES string of the molecule is CC.CC.CC.CN(C)c1ccc(N=C2C=CC(=O)c3ccccc32)cc1.O=C1C=CC(=Nc2ccc(O)cc2)C=C1.[CH3-].[CH3-].[Y].[Y]. The molecule has 0 heterocycles. The molecule has 46 heavy (non-hydrogen) atoms. The summed E-state index contributed by atoms with van der Waals surface area (Å²) in [7, 11) is 4.01. The molecule has 3 aromatic carbocycles. The van der Waals surface area contributed by atoms with Gasteiger partial charge in [0.1, 0.15) is 5.75 Å². The fourth-order valence-corrected chi connectivity index (χ4v) is 3.51. The Morgan fingerprint density at radius 2 is 1.02 bits per heavy atom. The van der Waals surface area contributed by atoms with Crippen LogP contribution < -0.4 is 4.90 Å². The number of hydrogen-bond donors (Lipinski definition) is 1. The Morgan fingerprint density at radius 3 is 1.52 bits per heavy atom. The number of phenols is 1. The quantitative estimate of drug-likeness (QED) is 0.212. The topological polar surface area (TPSA) is 82.3 Å². The molecule has 0 aliphatic heterocycles. The number of ketones is 2. The predicted octanol–water partition coefficient (Wildman–Crippen LogP) is 9.76. The number of carbonyl (C=O) groups is 2. The maximum atomic E-state index is 11.9. The Morgan fingerprint density at radius 1 is 0.565 bits per heavy atom. The van der Waals surface area contributed by atoms with Crippen LogP contribution in [0.3, 0.4) is 0 Å². The molecule has 0 atom stereocenters. The van der Waals surface area contributed by atoms with E-state index in [4.69, 9.17) is 5.11 Å². The maximum absolute atomic E-state index is 11.9. The number of hydrogen-bond acceptors (Lipinski definition) is 6. The van der Waals surface area contributed by atoms with E-state index in [0.29, 0.717) is 5.56 Å². The molecule has 2 aliphatic carbocycles. The summed E-state index contributed by atoms with van der Waals surface area (Å²) in [6, 6.07) is 22.2. The minimum absolute atomic E-state index is 0. The van der Waals surface area contributed by atoms with Crippen LogP contribution >= 0.6 is 0 Å². The van der Waals surface area contributed by atoms with E-state index in [1.807, 2.05) is 109 Å². The van der Waals surface area contributed by atoms with Crippen LogP contribution in [0.1, 0.15) is 57.5 Å². The molecule has 2 radical (unpaired) electrons. The number of phenolic OH excluding ortho intramolecular Hbond substituents is 1. The molecule has 0 saturated carbocycles. The van der Waals surface area contributed by atoms with Crippen molar-refractivity contribution in [1.82, 2.24) is 0 Å². The number of aromatic hydroxyl groups is 1. The first-order valence-electron chi connectivity index (χ1n) is 14.3. The number of aliphatic imine (C=N–C) groups is 2. The molecule has 0 amide bonds. The van der Waals surface area contributed by atoms with E-state index >= 15 is 0 Å². The second-order valence-electron chi connectivity index (χ2n) is 8.27. The summed E-state index contributed by atoms with van der Waals surface area (Å²) in [5, 5.41) is 9.08. The Balaban J connectivity index is -0.000000316. The molecule has 0 fully saturated rings. The number of allylic oxidation sites excluding steroid dienone is 6. The van der Waals surface area contributed by atoms with Crippen molar-refractivity contribution in [2.75, 3.05) is 19.0 Å². The molecule has 0 spiro atoms. The number of fused-ring (bicyclic) bond motifs is 1. The third-order valence-electron chi connectivity index (χ3n) is 5.42. The van der Waals surface area contributed by atoms with Gasteiger partial charge in [0.15, 0.2) is 11.6 Å². The molecular formula is C38H49N3O3Y2-2. The van der Waals surface area contributed by atoms with Crippen LogP contribution in [0.25, 0.3) is 0 Å². The zero-order chi connectivity index (χ0) is 31.5. The van der Waals surface area contributed by atoms with Crippen LogP contribution in [0.4, 0.5) is 17.1 Å². The second kappa shape index (κ2) is 28.6. The third kappa shape index (κ3) is 16.8. The summed E-state index contributed by atoms with van der Waals surface area (Å²) in [5.74, 6) is 0.219. The summed E-state index contributed by atoms with van der Waals surface area (Å²) in [5.41, 5.74) is 5.90. The molecule has 242 valence electrons. The van der Waals surface area contributed by atoms with Gasteiger partial charge in [0, 0.05) is 96.3 Å². The van der Waals surface area contributed by atoms with Crippen molar-refractivity contribution in [3.05, 3.63) is 135 Å². The van der Waals surface area contributed by atoms with Crippen molar-refractivity contribution in [3.8, 4) is 5.75 Å². The maximum Gasteiger partial charge on any atom is 0.186 e. The average molecular weight is 774 g/mol. The van der Waals surface area contributed by atoms with E-state index in [9.17, 15) is 9.59 Å². The first kappa shape index (κ1) is 50.2. The van der Waals surface area contributed by atoms with Gasteiger partial charge in [0.2, 0.25) is 0 Å². The summed E-state index contributed by atoms with van der Waals surface area (Å²) in [6.45, 7) is 12.0. The van der Waals surface area contributed by atoms with Gasteiger partial charge in [-0.3, -0.25) is 9.59 Å². The van der Waals surface area contributed by atoms with E-state index in [1.54, 1.807) is 48.6 Å². The van der Waals surface area contributed by atoms with Crippen molar-refractivity contribution in [2.45, 2.75) is 41.5 Å². The van der Waals surface area contributed by atoms with Crippen LogP contribution in [-0.4, -0.2) is 42.2 Å². The summed E-state index contributed by atoms with van der Waals surface area (Å²) in [4.78, 5) is 33.7. The van der Waals surface area contributed by atoms with Gasteiger partial charge in [-0.2, -0.15) is 0 Å². The molecule has 2 aliphatic rings. The van der Waals surface area contributed by atoms with E-state index in [-0.39, 0.29) is 97.6 Å². The summed E-state index contributed by atoms with van der Waals surface area (Å²) < 4.78 is 0. The Kier molecular flexibility index (Phi) is 31.2. The first-order valence-corrected chi connectivity index (χ1v) is 14.3. The van der Waals surface area contributed by atoms with E-state index in [2.05, 4.69) is 9.98 Å². The molecule has 0 aromatic heterocycles. The minimum Gasteiger partial charge on any atom is -0.508 e. The molecule has 0 saturated heterocycles. The minimum atomic E-state index is -0.0281. The zero-order valence-electron chi connectivity index (χ0n) is 29.2. The first-order chi connectivity index (χ1) is 20.4. The molecule has 0 unspecified atom stereocenters. The number of carbonyl (C=O) groups excluding carboxylic acids is 2. The van der Waals surface area contributed by atoms with Crippen LogP contribution in [-0.2, 0) is 70.2 Å². The summed E-state index contributed by atoms with van der Waals surface area (Å²) >= 11 is 0. The van der Waals surface area contributed by atoms with Gasteiger partial charge in [0.25, 0.3) is 0 Å². The molecule has 6 nitrogen and oxygen atoms in total. The van der Waals surface area contributed by atoms with E-state index in [1.165, 1.54) is 12.2 Å². The third-order valence-corrected chi connectivity index (χ3v) is 5.42. The van der Waals surface area contributed by atoms with Gasteiger partial charge in [-0.1, -0.05) is 65.8 Å². The average Bonchev–Trinajstić information content (AvgIpc) is 3.04. The Labute approximate surface area is 328 Å². The second-order valence-corrected chi connectivity index (χ2v) is 8.27. The normalized spacial score (nSPS) is 12.0. The molecular weight excluding hydrogens is 724 g/mol. The fourth-order valence-electron chi connectivity index (χ4n) is 3.51. The van der Waals surface area contributed by atoms with Gasteiger partial charge in [-0.25, -0.2) is 9.98 Å². The molecule has 3 aromatic rings. The number of nitrogens with zero attached hydrogens (tertiary/aromatic N) is 3. The number of rotatable bonds is 3. The monoisotopic (exact) mass is 773 g/mol. The van der Waals surface area contributed by atoms with E-state index in [0.717, 1.165) is 34.0 Å². The van der Waals surface area contributed by atoms with Crippen molar-refractivity contribution >= 4 is 40.1 Å². The van der Waals surface area contributed by atoms with Crippen molar-refractivity contribution < 1.29 is 80.1 Å². The fraction of sp³-hybridized carbons (Fsp3) is 0.211. The van der Waals surface area contributed by atoms with Gasteiger partial charge in [-0.05, 0) is 85.0 Å². The largest absolute Gasteiger partial charge is 0.508 e. The van der Waals surface area contributed by atoms with Crippen LogP contribution in [0.2, 0.25) is 0 Å². The van der Waals surface area contributed by atoms with Gasteiger partial charge in [0.05, 0.1) is 22.8 Å². The van der Waals surface area contributed by atoms with Gasteiger partial charge in [-0.15, -0.1) is 0 Å². The molecule has 0 bridgehead atoms. The standard InChI is InChI=1S/C18H16N2O.C12H9NO2.3C2H6.2CH3.2Y/c1-20(2)14-9-7-13(8-10-14)19-17-11-12-18(21)16-6-4-3-5-15(16)17;14-11-5-1-9(2-6-11)13-10-3-7-12(15)8-4-10;3*1-2;;;;/h3-12H,1-2H3;1-8,14H;3*1-2H3;2*1H3;;/q;;;;;2*-1;;. The smallest absolute Gasteiger partial charge is 0.186 e. The molecule has 1 N–H and O–H groups in total. The molecule has 5 rings (SSSR count). The number of benzene rings is 3. The Bertz CT molecular complexity index is 1420. The van der Waals surface area contributed by atoms with Crippen LogP contribution in [0.5, 0.6) is 5.75 Å². The Hall–Kier alpha value is -2.63.